The molecule has 1 fully saturated rings. The maximum Gasteiger partial charge on any atom is 0.243 e. The first-order valence-electron chi connectivity index (χ1n) is 7.44. The number of nitrogens with zero attached hydrogens (tertiary/aromatic N) is 1. The monoisotopic (exact) mass is 294 g/mol. The van der Waals surface area contributed by atoms with E-state index in [0.717, 1.165) is 37.9 Å². The van der Waals surface area contributed by atoms with Gasteiger partial charge >= 0.3 is 0 Å². The summed E-state index contributed by atoms with van der Waals surface area (Å²) in [4.78, 5) is 0.455. The second kappa shape index (κ2) is 5.47. The van der Waals surface area contributed by atoms with Crippen molar-refractivity contribution in [2.45, 2.75) is 44.2 Å². The van der Waals surface area contributed by atoms with Crippen LogP contribution in [-0.4, -0.2) is 25.8 Å². The molecule has 0 aromatic heterocycles. The van der Waals surface area contributed by atoms with E-state index in [1.165, 1.54) is 5.56 Å². The van der Waals surface area contributed by atoms with E-state index < -0.39 is 10.0 Å². The molecular weight excluding hydrogens is 272 g/mol. The van der Waals surface area contributed by atoms with Crippen LogP contribution in [0.15, 0.2) is 23.1 Å². The molecule has 0 amide bonds. The Labute approximate surface area is 121 Å². The highest BCUT2D eigenvalue weighted by atomic mass is 32.2. The molecule has 4 nitrogen and oxygen atoms in total. The van der Waals surface area contributed by atoms with Crippen molar-refractivity contribution in [1.82, 2.24) is 9.62 Å². The predicted molar refractivity (Wildman–Crippen MR) is 78.8 cm³/mol. The fourth-order valence-corrected chi connectivity index (χ4v) is 4.76. The van der Waals surface area contributed by atoms with Gasteiger partial charge in [0.15, 0.2) is 0 Å². The normalized spacial score (nSPS) is 23.8. The van der Waals surface area contributed by atoms with Crippen molar-refractivity contribution in [2.75, 3.05) is 13.1 Å². The Balaban J connectivity index is 1.87. The third-order valence-electron chi connectivity index (χ3n) is 4.51. The first kappa shape index (κ1) is 14.0. The number of hydrogen-bond donors (Lipinski definition) is 1. The number of rotatable bonds is 3. The molecule has 110 valence electrons. The summed E-state index contributed by atoms with van der Waals surface area (Å²) in [5.74, 6) is 0.509. The second-order valence-electron chi connectivity index (χ2n) is 5.81. The van der Waals surface area contributed by atoms with Crippen molar-refractivity contribution in [1.29, 1.82) is 0 Å². The molecule has 0 aliphatic carbocycles. The van der Waals surface area contributed by atoms with Crippen LogP contribution in [0.3, 0.4) is 0 Å². The molecule has 1 N–H and O–H groups in total. The summed E-state index contributed by atoms with van der Waals surface area (Å²) < 4.78 is 27.2. The highest BCUT2D eigenvalue weighted by molar-refractivity contribution is 7.89. The third-order valence-corrected chi connectivity index (χ3v) is 6.37. The summed E-state index contributed by atoms with van der Waals surface area (Å²) >= 11 is 0. The minimum Gasteiger partial charge on any atom is -0.309 e. The van der Waals surface area contributed by atoms with Crippen molar-refractivity contribution in [3.05, 3.63) is 29.3 Å². The lowest BCUT2D eigenvalue weighted by Crippen LogP contribution is -2.39. The van der Waals surface area contributed by atoms with E-state index in [2.05, 4.69) is 12.2 Å². The quantitative estimate of drug-likeness (QED) is 0.929. The predicted octanol–water partition coefficient (Wildman–Crippen LogP) is 2.10. The number of fused-ring (bicyclic) bond motifs is 1. The maximum absolute atomic E-state index is 12.8. The van der Waals surface area contributed by atoms with Gasteiger partial charge in [0.05, 0.1) is 4.90 Å². The summed E-state index contributed by atoms with van der Waals surface area (Å²) in [6.45, 7) is 5.09. The van der Waals surface area contributed by atoms with Gasteiger partial charge < -0.3 is 5.32 Å². The Hall–Kier alpha value is -0.910. The molecule has 1 atom stereocenters. The smallest absolute Gasteiger partial charge is 0.243 e. The summed E-state index contributed by atoms with van der Waals surface area (Å²) in [5, 5.41) is 3.25. The van der Waals surface area contributed by atoms with E-state index in [1.807, 2.05) is 12.1 Å². The van der Waals surface area contributed by atoms with Gasteiger partial charge in [-0.2, -0.15) is 4.31 Å². The van der Waals surface area contributed by atoms with Crippen LogP contribution < -0.4 is 5.32 Å². The number of nitrogens with one attached hydrogen (secondary N) is 1. The van der Waals surface area contributed by atoms with E-state index >= 15 is 0 Å². The molecule has 0 spiro atoms. The van der Waals surface area contributed by atoms with E-state index in [0.29, 0.717) is 23.9 Å². The molecule has 0 radical (unpaired) electrons. The molecule has 5 heteroatoms. The third kappa shape index (κ3) is 2.50. The van der Waals surface area contributed by atoms with E-state index in [1.54, 1.807) is 10.4 Å². The zero-order valence-electron chi connectivity index (χ0n) is 11.9. The minimum atomic E-state index is -3.32. The summed E-state index contributed by atoms with van der Waals surface area (Å²) in [7, 11) is -3.32. The summed E-state index contributed by atoms with van der Waals surface area (Å²) in [6.07, 6.45) is 3.18. The molecule has 2 heterocycles. The molecule has 1 aromatic carbocycles. The summed E-state index contributed by atoms with van der Waals surface area (Å²) in [6, 6.07) is 5.56. The van der Waals surface area contributed by atoms with Crippen LogP contribution >= 0.6 is 0 Å². The lowest BCUT2D eigenvalue weighted by Gasteiger charge is -2.31. The zero-order valence-corrected chi connectivity index (χ0v) is 12.7. The van der Waals surface area contributed by atoms with Gasteiger partial charge in [0.1, 0.15) is 0 Å². The first-order valence-corrected chi connectivity index (χ1v) is 8.88. The van der Waals surface area contributed by atoms with Gasteiger partial charge in [-0.25, -0.2) is 8.42 Å². The first-order chi connectivity index (χ1) is 9.61. The Morgan fingerprint density at radius 2 is 2.10 bits per heavy atom. The van der Waals surface area contributed by atoms with E-state index in [-0.39, 0.29) is 0 Å². The fourth-order valence-electron chi connectivity index (χ4n) is 3.16. The topological polar surface area (TPSA) is 49.4 Å². The Morgan fingerprint density at radius 1 is 1.30 bits per heavy atom. The van der Waals surface area contributed by atoms with Gasteiger partial charge in [-0.3, -0.25) is 0 Å². The van der Waals surface area contributed by atoms with E-state index in [9.17, 15) is 8.42 Å². The molecule has 20 heavy (non-hydrogen) atoms. The Kier molecular flexibility index (Phi) is 3.84. The van der Waals surface area contributed by atoms with Crippen molar-refractivity contribution in [2.24, 2.45) is 5.92 Å². The molecule has 2 aliphatic rings. The second-order valence-corrected chi connectivity index (χ2v) is 7.75. The average Bonchev–Trinajstić information content (AvgIpc) is 2.94. The SMILES string of the molecule is CCC1CCCN(S(=O)(=O)c2ccc3c(c2)CNC3)C1. The molecule has 1 unspecified atom stereocenters. The highest BCUT2D eigenvalue weighted by Crippen LogP contribution is 2.27. The number of hydrogen-bond acceptors (Lipinski definition) is 3. The minimum absolute atomic E-state index is 0.455. The van der Waals surface area contributed by atoms with Gasteiger partial charge in [0, 0.05) is 26.2 Å². The van der Waals surface area contributed by atoms with Crippen LogP contribution in [0.25, 0.3) is 0 Å². The van der Waals surface area contributed by atoms with Crippen molar-refractivity contribution in [3.63, 3.8) is 0 Å². The lowest BCUT2D eigenvalue weighted by molar-refractivity contribution is 0.261. The van der Waals surface area contributed by atoms with Gasteiger partial charge in [-0.15, -0.1) is 0 Å². The van der Waals surface area contributed by atoms with Gasteiger partial charge in [0.25, 0.3) is 0 Å². The van der Waals surface area contributed by atoms with Crippen LogP contribution in [0.2, 0.25) is 0 Å². The van der Waals surface area contributed by atoms with Crippen molar-refractivity contribution in [3.8, 4) is 0 Å². The van der Waals surface area contributed by atoms with Gasteiger partial charge in [-0.1, -0.05) is 19.4 Å². The van der Waals surface area contributed by atoms with Crippen molar-refractivity contribution >= 4 is 10.0 Å². The molecule has 2 aliphatic heterocycles. The summed E-state index contributed by atoms with van der Waals surface area (Å²) in [5.41, 5.74) is 2.34. The van der Waals surface area contributed by atoms with Crippen LogP contribution in [0.1, 0.15) is 37.3 Å². The molecular formula is C15H22N2O2S. The maximum atomic E-state index is 12.8. The van der Waals surface area contributed by atoms with Gasteiger partial charge in [-0.05, 0) is 42.0 Å². The Morgan fingerprint density at radius 3 is 2.90 bits per heavy atom. The highest BCUT2D eigenvalue weighted by Gasteiger charge is 2.30. The lowest BCUT2D eigenvalue weighted by atomic mass is 9.97. The molecule has 0 saturated carbocycles. The van der Waals surface area contributed by atoms with Crippen molar-refractivity contribution < 1.29 is 8.42 Å². The average molecular weight is 294 g/mol. The fraction of sp³-hybridized carbons (Fsp3) is 0.600. The largest absolute Gasteiger partial charge is 0.309 e. The number of benzene rings is 1. The zero-order chi connectivity index (χ0) is 14.2. The van der Waals surface area contributed by atoms with Gasteiger partial charge in [0.2, 0.25) is 10.0 Å². The molecule has 3 rings (SSSR count). The molecule has 1 saturated heterocycles. The van der Waals surface area contributed by atoms with Crippen LogP contribution in [0.5, 0.6) is 0 Å². The van der Waals surface area contributed by atoms with E-state index in [4.69, 9.17) is 0 Å². The standard InChI is InChI=1S/C15H22N2O2S/c1-2-12-4-3-7-17(11-12)20(18,19)15-6-5-13-9-16-10-14(13)8-15/h5-6,8,12,16H,2-4,7,9-11H2,1H3. The Bertz CT molecular complexity index is 598. The van der Waals surface area contributed by atoms with Crippen LogP contribution in [-0.2, 0) is 23.1 Å². The molecule has 1 aromatic rings. The van der Waals surface area contributed by atoms with Crippen LogP contribution in [0, 0.1) is 5.92 Å². The molecule has 0 bridgehead atoms. The van der Waals surface area contributed by atoms with Crippen LogP contribution in [0.4, 0.5) is 0 Å². The number of piperidine rings is 1. The number of sulfonamides is 1.